The van der Waals surface area contributed by atoms with Crippen molar-refractivity contribution in [2.45, 2.75) is 65.2 Å². The Bertz CT molecular complexity index is 2160. The van der Waals surface area contributed by atoms with E-state index in [-0.39, 0.29) is 35.6 Å². The summed E-state index contributed by atoms with van der Waals surface area (Å²) < 4.78 is 1.26. The van der Waals surface area contributed by atoms with E-state index in [1.54, 1.807) is 0 Å². The van der Waals surface area contributed by atoms with Crippen LogP contribution in [0, 0.1) is 12.1 Å². The summed E-state index contributed by atoms with van der Waals surface area (Å²) in [7, 11) is 0. The molecule has 284 valence electrons. The first kappa shape index (κ1) is 45.4. The van der Waals surface area contributed by atoms with E-state index >= 15 is 0 Å². The van der Waals surface area contributed by atoms with Gasteiger partial charge in [0.2, 0.25) is 0 Å². The van der Waals surface area contributed by atoms with Crippen LogP contribution < -0.4 is 0 Å². The van der Waals surface area contributed by atoms with Crippen molar-refractivity contribution < 1.29 is 24.2 Å². The van der Waals surface area contributed by atoms with E-state index in [4.69, 9.17) is 23.2 Å². The molecule has 0 aliphatic heterocycles. The van der Waals surface area contributed by atoms with Gasteiger partial charge in [0.05, 0.1) is 0 Å². The number of hydrogen-bond donors (Lipinski definition) is 0. The molecule has 0 fully saturated rings. The zero-order valence-electron chi connectivity index (χ0n) is 32.8. The molecule has 0 aromatic heterocycles. The second-order valence-electron chi connectivity index (χ2n) is 15.8. The summed E-state index contributed by atoms with van der Waals surface area (Å²) in [5, 5.41) is 1.53. The third kappa shape index (κ3) is 11.2. The maximum atomic E-state index is 5.98. The second kappa shape index (κ2) is 19.9. The van der Waals surface area contributed by atoms with E-state index in [2.05, 4.69) is 151 Å². The maximum Gasteiger partial charge on any atom is -0.109 e. The van der Waals surface area contributed by atoms with E-state index in [0.29, 0.717) is 0 Å². The minimum atomic E-state index is 0. The normalized spacial score (nSPS) is 12.2. The Hall–Kier alpha value is -3.29. The second-order valence-corrected chi connectivity index (χ2v) is 17.9. The quantitative estimate of drug-likeness (QED) is 0.154. The molecule has 0 unspecified atom stereocenters. The van der Waals surface area contributed by atoms with Crippen LogP contribution in [-0.2, 0) is 41.5 Å². The summed E-state index contributed by atoms with van der Waals surface area (Å²) in [6, 6.07) is 48.6. The average Bonchev–Trinajstić information content (AvgIpc) is 3.86. The predicted molar refractivity (Wildman–Crippen MR) is 244 cm³/mol. The largest absolute Gasteiger partial charge is 0.273 e. The van der Waals surface area contributed by atoms with Gasteiger partial charge < -0.3 is 0 Å². The van der Waals surface area contributed by atoms with Crippen LogP contribution >= 0.6 is 48.0 Å². The van der Waals surface area contributed by atoms with Crippen molar-refractivity contribution in [1.82, 2.24) is 0 Å². The number of benzene rings is 6. The molecule has 0 atom stereocenters. The van der Waals surface area contributed by atoms with Crippen molar-refractivity contribution in [3.63, 3.8) is 0 Å². The van der Waals surface area contributed by atoms with Crippen molar-refractivity contribution >= 4 is 51.2 Å². The Morgan fingerprint density at radius 2 is 1.12 bits per heavy atom. The molecule has 5 heteroatoms. The molecule has 0 saturated heterocycles. The molecular formula is C51H48Cl4Zr. The summed E-state index contributed by atoms with van der Waals surface area (Å²) >= 11 is 13.3. The fraction of sp³-hybridized carbons (Fsp3) is 0.196. The fourth-order valence-corrected chi connectivity index (χ4v) is 8.04. The van der Waals surface area contributed by atoms with E-state index in [1.807, 2.05) is 48.6 Å². The summed E-state index contributed by atoms with van der Waals surface area (Å²) in [6.07, 6.45) is 10.9. The van der Waals surface area contributed by atoms with E-state index < -0.39 is 0 Å². The van der Waals surface area contributed by atoms with Crippen molar-refractivity contribution in [3.05, 3.63) is 201 Å². The van der Waals surface area contributed by atoms with Gasteiger partial charge in [0.25, 0.3) is 0 Å². The minimum absolute atomic E-state index is 0. The monoisotopic (exact) mass is 890 g/mol. The van der Waals surface area contributed by atoms with Crippen LogP contribution in [0.2, 0.25) is 10.0 Å². The maximum absolute atomic E-state index is 5.98. The molecular weight excluding hydrogens is 846 g/mol. The topological polar surface area (TPSA) is 0 Å². The van der Waals surface area contributed by atoms with Gasteiger partial charge in [0.1, 0.15) is 0 Å². The minimum Gasteiger partial charge on any atom is -0.273 e. The molecule has 2 aliphatic carbocycles. The van der Waals surface area contributed by atoms with Gasteiger partial charge in [0.15, 0.2) is 0 Å². The smallest absolute Gasteiger partial charge is 0.109 e. The van der Waals surface area contributed by atoms with Gasteiger partial charge in [-0.05, 0) is 39.5 Å². The van der Waals surface area contributed by atoms with Crippen LogP contribution in [-0.4, -0.2) is 3.21 Å². The molecule has 56 heavy (non-hydrogen) atoms. The third-order valence-electron chi connectivity index (χ3n) is 9.64. The van der Waals surface area contributed by atoms with Crippen LogP contribution in [0.25, 0.3) is 33.4 Å². The Morgan fingerprint density at radius 3 is 1.59 bits per heavy atom. The summed E-state index contributed by atoms with van der Waals surface area (Å²) in [5.74, 6) is 0. The van der Waals surface area contributed by atoms with Gasteiger partial charge >= 0.3 is 120 Å². The molecule has 6 aromatic rings. The van der Waals surface area contributed by atoms with Crippen molar-refractivity contribution in [3.8, 4) is 33.4 Å². The molecule has 2 aliphatic rings. The molecule has 0 radical (unpaired) electrons. The number of hydrogen-bond acceptors (Lipinski definition) is 0. The van der Waals surface area contributed by atoms with Crippen LogP contribution in [0.1, 0.15) is 81.3 Å². The van der Waals surface area contributed by atoms with E-state index in [9.17, 15) is 0 Å². The van der Waals surface area contributed by atoms with Crippen LogP contribution in [0.5, 0.6) is 0 Å². The molecule has 0 N–H and O–H groups in total. The molecule has 6 aromatic carbocycles. The molecule has 0 spiro atoms. The molecule has 0 saturated carbocycles. The van der Waals surface area contributed by atoms with Gasteiger partial charge in [-0.3, -0.25) is 6.08 Å². The molecule has 0 amide bonds. The number of fused-ring (bicyclic) bond motifs is 3. The fourth-order valence-electron chi connectivity index (χ4n) is 6.90. The Kier molecular flexibility index (Phi) is 16.2. The number of rotatable bonds is 4. The summed E-state index contributed by atoms with van der Waals surface area (Å²) in [5.41, 5.74) is 15.8. The molecule has 0 heterocycles. The number of halogens is 4. The van der Waals surface area contributed by atoms with Gasteiger partial charge in [-0.15, -0.1) is 60.1 Å². The van der Waals surface area contributed by atoms with Gasteiger partial charge in [-0.25, -0.2) is 12.2 Å². The van der Waals surface area contributed by atoms with Crippen molar-refractivity contribution in [2.75, 3.05) is 0 Å². The first-order valence-electron chi connectivity index (χ1n) is 18.5. The van der Waals surface area contributed by atoms with Gasteiger partial charge in [-0.2, -0.15) is 6.08 Å². The third-order valence-corrected chi connectivity index (χ3v) is 11.5. The SMILES string of the molecule is CC(C)(C)c1cc2c([c-]c1-c1ccccc1)Cc1cc(-c3ccccc3)c(C(C)(C)C)cc1-2.Cl.Cl.Clc1cccc([C](=[Zr+2])c2cccc(Cl)c2)c1.[C-]1=CC=CC1. The first-order chi connectivity index (χ1) is 25.8. The van der Waals surface area contributed by atoms with Gasteiger partial charge in [-0.1, -0.05) is 131 Å². The Morgan fingerprint density at radius 1 is 0.589 bits per heavy atom. The molecule has 8 rings (SSSR count). The van der Waals surface area contributed by atoms with E-state index in [0.717, 1.165) is 34.0 Å². The van der Waals surface area contributed by atoms with Crippen LogP contribution in [0.4, 0.5) is 0 Å². The zero-order valence-corrected chi connectivity index (χ0v) is 38.4. The zero-order chi connectivity index (χ0) is 38.5. The van der Waals surface area contributed by atoms with Crippen molar-refractivity contribution in [2.24, 2.45) is 0 Å². The van der Waals surface area contributed by atoms with Crippen LogP contribution in [0.3, 0.4) is 0 Å². The molecule has 0 bridgehead atoms. The summed E-state index contributed by atoms with van der Waals surface area (Å²) in [6.45, 7) is 13.9. The van der Waals surface area contributed by atoms with Crippen LogP contribution in [0.15, 0.2) is 146 Å². The van der Waals surface area contributed by atoms with E-state index in [1.165, 1.54) is 83.1 Å². The standard InChI is InChI=1S/C33H33.C13H8Cl2.C5H5.2ClH.Zr/c1-32(2,3)30-20-26-24(18-28(30)22-13-9-7-10-14-22)17-25-19-29(23-15-11-8-12-16-23)31(21-27(25)26)33(4,5)6;14-12-5-1-3-10(8-12)7-11-4-2-6-13(15)9-11;1-2-4-5-3-1;;;/h7-16,18,20-21H,17H2,1-6H3;1-6,8-9H;1-3H,4H2;2*1H;/q-1;;-1;;;+2. The first-order valence-corrected chi connectivity index (χ1v) is 20.5. The predicted octanol–water partition coefficient (Wildman–Crippen LogP) is 15.2. The number of allylic oxidation sites excluding steroid dienone is 4. The van der Waals surface area contributed by atoms with Gasteiger partial charge in [0, 0.05) is 0 Å². The average molecular weight is 894 g/mol. The summed E-state index contributed by atoms with van der Waals surface area (Å²) in [4.78, 5) is 0. The van der Waals surface area contributed by atoms with Crippen molar-refractivity contribution in [1.29, 1.82) is 0 Å². The Balaban J connectivity index is 0.000000252. The Labute approximate surface area is 372 Å². The molecule has 0 nitrogen and oxygen atoms in total.